The van der Waals surface area contributed by atoms with E-state index >= 15 is 0 Å². The van der Waals surface area contributed by atoms with E-state index in [4.69, 9.17) is 4.42 Å². The van der Waals surface area contributed by atoms with Crippen molar-refractivity contribution in [2.75, 3.05) is 5.32 Å². The van der Waals surface area contributed by atoms with Gasteiger partial charge in [-0.3, -0.25) is 4.79 Å². The molecule has 1 aliphatic rings. The average Bonchev–Trinajstić information content (AvgIpc) is 3.21. The molecule has 1 aliphatic heterocycles. The first-order valence-corrected chi connectivity index (χ1v) is 8.91. The zero-order valence-corrected chi connectivity index (χ0v) is 14.0. The lowest BCUT2D eigenvalue weighted by molar-refractivity contribution is -0.131. The van der Waals surface area contributed by atoms with Crippen LogP contribution in [-0.2, 0) is 21.9 Å². The van der Waals surface area contributed by atoms with E-state index in [-0.39, 0.29) is 5.89 Å². The van der Waals surface area contributed by atoms with Crippen molar-refractivity contribution in [2.45, 2.75) is 17.1 Å². The van der Waals surface area contributed by atoms with Crippen LogP contribution in [0.2, 0.25) is 0 Å². The van der Waals surface area contributed by atoms with Crippen LogP contribution in [0.25, 0.3) is 0 Å². The van der Waals surface area contributed by atoms with Crippen LogP contribution in [0.5, 0.6) is 0 Å². The first-order chi connectivity index (χ1) is 12.2. The summed E-state index contributed by atoms with van der Waals surface area (Å²) in [5.41, 5.74) is 0.238. The minimum atomic E-state index is -1.94. The van der Waals surface area contributed by atoms with Gasteiger partial charge >= 0.3 is 0 Å². The Morgan fingerprint density at radius 3 is 2.64 bits per heavy atom. The van der Waals surface area contributed by atoms with Crippen LogP contribution in [0.15, 0.2) is 59.0 Å². The van der Waals surface area contributed by atoms with Gasteiger partial charge in [0.05, 0.1) is 5.75 Å². The molecule has 1 amide bonds. The molecule has 0 aliphatic carbocycles. The third-order valence-corrected chi connectivity index (χ3v) is 5.00. The van der Waals surface area contributed by atoms with Gasteiger partial charge in [-0.25, -0.2) is 0 Å². The number of hydrogen-bond acceptors (Lipinski definition) is 6. The van der Waals surface area contributed by atoms with Crippen LogP contribution < -0.4 is 5.32 Å². The average molecular weight is 353 g/mol. The highest BCUT2D eigenvalue weighted by Crippen LogP contribution is 2.40. The van der Waals surface area contributed by atoms with Crippen LogP contribution in [0.1, 0.15) is 22.9 Å². The molecule has 6 nitrogen and oxygen atoms in total. The van der Waals surface area contributed by atoms with Gasteiger partial charge in [0.25, 0.3) is 11.8 Å². The highest BCUT2D eigenvalue weighted by atomic mass is 32.2. The molecule has 0 radical (unpaired) electrons. The number of anilines is 1. The second-order valence-electron chi connectivity index (χ2n) is 5.69. The minimum Gasteiger partial charge on any atom is -0.420 e. The maximum Gasteiger partial charge on any atom is 0.271 e. The summed E-state index contributed by atoms with van der Waals surface area (Å²) >= 11 is 1.62. The van der Waals surface area contributed by atoms with Crippen LogP contribution >= 0.6 is 11.8 Å². The lowest BCUT2D eigenvalue weighted by Gasteiger charge is -2.15. The van der Waals surface area contributed by atoms with E-state index in [1.54, 1.807) is 36.0 Å². The number of carbonyl (C=O) groups is 1. The molecule has 7 heteroatoms. The Morgan fingerprint density at radius 1 is 1.04 bits per heavy atom. The van der Waals surface area contributed by atoms with Gasteiger partial charge in [0.1, 0.15) is 0 Å². The lowest BCUT2D eigenvalue weighted by Crippen LogP contribution is -2.35. The highest BCUT2D eigenvalue weighted by Gasteiger charge is 2.51. The number of rotatable bonds is 5. The van der Waals surface area contributed by atoms with Gasteiger partial charge in [0.15, 0.2) is 0 Å². The summed E-state index contributed by atoms with van der Waals surface area (Å²) in [6, 6.07) is 17.0. The summed E-state index contributed by atoms with van der Waals surface area (Å²) in [5.74, 6) is 1.00. The highest BCUT2D eigenvalue weighted by molar-refractivity contribution is 7.97. The quantitative estimate of drug-likeness (QED) is 0.733. The van der Waals surface area contributed by atoms with E-state index < -0.39 is 11.5 Å². The SMILES string of the molecule is O=C1Nc2ccccc2C1(O)c1nnc(CSCc2ccccc2)o1. The Hall–Kier alpha value is -2.64. The molecular weight excluding hydrogens is 338 g/mol. The molecule has 0 fully saturated rings. The summed E-state index contributed by atoms with van der Waals surface area (Å²) in [5, 5.41) is 21.4. The Labute approximate surface area is 148 Å². The molecule has 0 saturated carbocycles. The summed E-state index contributed by atoms with van der Waals surface area (Å²) in [4.78, 5) is 12.3. The molecule has 0 spiro atoms. The van der Waals surface area contributed by atoms with Gasteiger partial charge in [-0.15, -0.1) is 22.0 Å². The summed E-state index contributed by atoms with van der Waals surface area (Å²) in [7, 11) is 0. The lowest BCUT2D eigenvalue weighted by atomic mass is 9.95. The fourth-order valence-corrected chi connectivity index (χ4v) is 3.57. The Kier molecular flexibility index (Phi) is 4.03. The zero-order chi connectivity index (χ0) is 17.3. The topological polar surface area (TPSA) is 88.2 Å². The number of benzene rings is 2. The van der Waals surface area contributed by atoms with E-state index in [1.165, 1.54) is 5.56 Å². The number of aliphatic hydroxyl groups is 1. The molecule has 0 saturated heterocycles. The van der Waals surface area contributed by atoms with Crippen LogP contribution in [0.4, 0.5) is 5.69 Å². The van der Waals surface area contributed by atoms with E-state index in [0.29, 0.717) is 22.9 Å². The van der Waals surface area contributed by atoms with Crippen molar-refractivity contribution in [1.82, 2.24) is 10.2 Å². The van der Waals surface area contributed by atoms with Gasteiger partial charge in [-0.05, 0) is 11.6 Å². The van der Waals surface area contributed by atoms with Gasteiger partial charge in [-0.1, -0.05) is 48.5 Å². The Bertz CT molecular complexity index is 913. The number of para-hydroxylation sites is 1. The Morgan fingerprint density at radius 2 is 1.80 bits per heavy atom. The minimum absolute atomic E-state index is 0.106. The van der Waals surface area contributed by atoms with E-state index in [0.717, 1.165) is 5.75 Å². The number of hydrogen-bond donors (Lipinski definition) is 2. The van der Waals surface area contributed by atoms with Crippen LogP contribution in [-0.4, -0.2) is 21.2 Å². The van der Waals surface area contributed by atoms with Crippen molar-refractivity contribution in [3.63, 3.8) is 0 Å². The molecule has 1 unspecified atom stereocenters. The molecule has 3 aromatic rings. The fraction of sp³-hybridized carbons (Fsp3) is 0.167. The van der Waals surface area contributed by atoms with Crippen LogP contribution in [0, 0.1) is 0 Å². The number of amides is 1. The number of nitrogens with zero attached hydrogens (tertiary/aromatic N) is 2. The largest absolute Gasteiger partial charge is 0.420 e. The van der Waals surface area contributed by atoms with Gasteiger partial charge in [-0.2, -0.15) is 0 Å². The molecule has 2 aromatic carbocycles. The predicted octanol–water partition coefficient (Wildman–Crippen LogP) is 2.69. The first kappa shape index (κ1) is 15.9. The zero-order valence-electron chi connectivity index (χ0n) is 13.2. The van der Waals surface area contributed by atoms with Crippen molar-refractivity contribution >= 4 is 23.4 Å². The maximum atomic E-state index is 12.3. The molecule has 2 N–H and O–H groups in total. The second kappa shape index (κ2) is 6.34. The standard InChI is InChI=1S/C18H15N3O3S/c22-16-18(23,13-8-4-5-9-14(13)19-16)17-21-20-15(24-17)11-25-10-12-6-2-1-3-7-12/h1-9,23H,10-11H2,(H,19,22). The first-order valence-electron chi connectivity index (χ1n) is 7.76. The predicted molar refractivity (Wildman–Crippen MR) is 93.8 cm³/mol. The third kappa shape index (κ3) is 2.81. The van der Waals surface area contributed by atoms with Crippen molar-refractivity contribution in [2.24, 2.45) is 0 Å². The number of fused-ring (bicyclic) bond motifs is 1. The van der Waals surface area contributed by atoms with Crippen molar-refractivity contribution < 1.29 is 14.3 Å². The Balaban J connectivity index is 1.50. The van der Waals surface area contributed by atoms with Crippen molar-refractivity contribution in [3.8, 4) is 0 Å². The number of thioether (sulfide) groups is 1. The molecule has 0 bridgehead atoms. The van der Waals surface area contributed by atoms with E-state index in [1.807, 2.05) is 18.2 Å². The number of aromatic nitrogens is 2. The fourth-order valence-electron chi connectivity index (χ4n) is 2.74. The normalized spacial score (nSPS) is 18.8. The molecule has 2 heterocycles. The van der Waals surface area contributed by atoms with E-state index in [9.17, 15) is 9.90 Å². The molecule has 1 atom stereocenters. The maximum absolute atomic E-state index is 12.3. The smallest absolute Gasteiger partial charge is 0.271 e. The van der Waals surface area contributed by atoms with Gasteiger partial charge in [0.2, 0.25) is 11.5 Å². The summed E-state index contributed by atoms with van der Waals surface area (Å²) < 4.78 is 5.58. The van der Waals surface area contributed by atoms with Crippen molar-refractivity contribution in [3.05, 3.63) is 77.5 Å². The summed E-state index contributed by atoms with van der Waals surface area (Å²) in [6.07, 6.45) is 0. The second-order valence-corrected chi connectivity index (χ2v) is 6.68. The molecule has 1 aromatic heterocycles. The van der Waals surface area contributed by atoms with Crippen molar-refractivity contribution in [1.29, 1.82) is 0 Å². The van der Waals surface area contributed by atoms with Crippen LogP contribution in [0.3, 0.4) is 0 Å². The van der Waals surface area contributed by atoms with Gasteiger partial charge < -0.3 is 14.8 Å². The number of nitrogens with one attached hydrogen (secondary N) is 1. The monoisotopic (exact) mass is 353 g/mol. The van der Waals surface area contributed by atoms with E-state index in [2.05, 4.69) is 27.6 Å². The summed E-state index contributed by atoms with van der Waals surface area (Å²) in [6.45, 7) is 0. The molecule has 25 heavy (non-hydrogen) atoms. The third-order valence-electron chi connectivity index (χ3n) is 4.01. The van der Waals surface area contributed by atoms with Gasteiger partial charge in [0, 0.05) is 17.0 Å². The molecule has 4 rings (SSSR count). The number of carbonyl (C=O) groups excluding carboxylic acids is 1. The molecular formula is C18H15N3O3S. The molecule has 126 valence electrons.